The van der Waals surface area contributed by atoms with Gasteiger partial charge < -0.3 is 20.1 Å². The molecule has 0 radical (unpaired) electrons. The van der Waals surface area contributed by atoms with Crippen LogP contribution in [0.25, 0.3) is 0 Å². The smallest absolute Gasteiger partial charge is 0.421 e. The van der Waals surface area contributed by atoms with Crippen LogP contribution in [-0.4, -0.2) is 23.8 Å². The summed E-state index contributed by atoms with van der Waals surface area (Å²) >= 11 is 0. The van der Waals surface area contributed by atoms with E-state index in [4.69, 9.17) is 9.47 Å². The van der Waals surface area contributed by atoms with Crippen LogP contribution in [0.2, 0.25) is 0 Å². The largest absolute Gasteiger partial charge is 0.437 e. The predicted octanol–water partition coefficient (Wildman–Crippen LogP) is 7.27. The van der Waals surface area contributed by atoms with E-state index in [-0.39, 0.29) is 47.5 Å². The van der Waals surface area contributed by atoms with Gasteiger partial charge in [-0.3, -0.25) is 0 Å². The Labute approximate surface area is 205 Å². The molecule has 10 heteroatoms. The van der Waals surface area contributed by atoms with Crippen LogP contribution in [0.5, 0.6) is 11.6 Å². The number of benzene rings is 2. The van der Waals surface area contributed by atoms with Crippen LogP contribution in [0.15, 0.2) is 54.6 Å². The minimum absolute atomic E-state index is 0.0287. The van der Waals surface area contributed by atoms with E-state index in [0.29, 0.717) is 5.69 Å². The van der Waals surface area contributed by atoms with Gasteiger partial charge in [-0.2, -0.15) is 13.2 Å². The maximum absolute atomic E-state index is 14.4. The van der Waals surface area contributed by atoms with E-state index in [1.165, 1.54) is 42.5 Å². The number of carbonyl (C=O) groups excluding carboxylic acids is 1. The lowest BCUT2D eigenvalue weighted by molar-refractivity contribution is -0.333. The Bertz CT molecular complexity index is 1270. The predicted molar refractivity (Wildman–Crippen MR) is 127 cm³/mol. The standard InChI is InChI=1S/C26H25F4N3O3/c1-15(2)17-9-11-20(19(27)14-17)32-24(34)33-21-10-8-16(3)31-23(21)36-22-7-5-4-6-18(22)25(12-13-35-25)26(28,29)30/h4-11,14-15H,12-13H2,1-3H3,(H2,32,33,34)/t25-/m0/s1. The summed E-state index contributed by atoms with van der Waals surface area (Å²) in [5.74, 6) is -0.705. The first-order valence-corrected chi connectivity index (χ1v) is 11.3. The number of nitrogens with zero attached hydrogens (tertiary/aromatic N) is 1. The average Bonchev–Trinajstić information content (AvgIpc) is 2.76. The second kappa shape index (κ2) is 9.77. The monoisotopic (exact) mass is 503 g/mol. The van der Waals surface area contributed by atoms with Crippen molar-refractivity contribution in [2.45, 2.75) is 44.9 Å². The zero-order chi connectivity index (χ0) is 26.1. The molecule has 0 spiro atoms. The molecule has 0 aliphatic carbocycles. The molecular formula is C26H25F4N3O3. The van der Waals surface area contributed by atoms with Crippen molar-refractivity contribution in [2.75, 3.05) is 17.2 Å². The summed E-state index contributed by atoms with van der Waals surface area (Å²) in [4.78, 5) is 16.9. The lowest BCUT2D eigenvalue weighted by Crippen LogP contribution is -2.52. The molecule has 1 aromatic heterocycles. The van der Waals surface area contributed by atoms with Crippen LogP contribution in [0.3, 0.4) is 0 Å². The first-order chi connectivity index (χ1) is 17.0. The number of pyridine rings is 1. The van der Waals surface area contributed by atoms with Crippen LogP contribution >= 0.6 is 0 Å². The number of para-hydroxylation sites is 1. The SMILES string of the molecule is Cc1ccc(NC(=O)Nc2ccc(C(C)C)cc2F)c(Oc2ccccc2[C@]2(C(F)(F)F)CCO2)n1. The number of rotatable bonds is 6. The van der Waals surface area contributed by atoms with E-state index in [9.17, 15) is 22.4 Å². The van der Waals surface area contributed by atoms with E-state index in [2.05, 4.69) is 15.6 Å². The van der Waals surface area contributed by atoms with Crippen molar-refractivity contribution in [2.24, 2.45) is 0 Å². The first-order valence-electron chi connectivity index (χ1n) is 11.3. The summed E-state index contributed by atoms with van der Waals surface area (Å²) in [6.07, 6.45) is -4.90. The molecule has 0 unspecified atom stereocenters. The van der Waals surface area contributed by atoms with Crippen molar-refractivity contribution in [1.29, 1.82) is 0 Å². The van der Waals surface area contributed by atoms with Gasteiger partial charge in [0.1, 0.15) is 17.3 Å². The first kappa shape index (κ1) is 25.4. The third-order valence-electron chi connectivity index (χ3n) is 5.94. The fraction of sp³-hybridized carbons (Fsp3) is 0.308. The highest BCUT2D eigenvalue weighted by Gasteiger charge is 2.62. The van der Waals surface area contributed by atoms with Crippen LogP contribution < -0.4 is 15.4 Å². The topological polar surface area (TPSA) is 72.5 Å². The van der Waals surface area contributed by atoms with Gasteiger partial charge in [-0.1, -0.05) is 38.1 Å². The molecule has 4 rings (SSSR count). The second-order valence-corrected chi connectivity index (χ2v) is 8.80. The second-order valence-electron chi connectivity index (χ2n) is 8.80. The maximum atomic E-state index is 14.4. The molecule has 3 aromatic rings. The van der Waals surface area contributed by atoms with Gasteiger partial charge in [0.2, 0.25) is 5.88 Å². The van der Waals surface area contributed by atoms with Crippen LogP contribution in [-0.2, 0) is 10.3 Å². The van der Waals surface area contributed by atoms with E-state index in [1.807, 2.05) is 13.8 Å². The molecule has 0 saturated carbocycles. The summed E-state index contributed by atoms with van der Waals surface area (Å²) < 4.78 is 66.9. The van der Waals surface area contributed by atoms with Crippen molar-refractivity contribution in [3.05, 3.63) is 77.2 Å². The van der Waals surface area contributed by atoms with Gasteiger partial charge in [0.05, 0.1) is 12.3 Å². The lowest BCUT2D eigenvalue weighted by atomic mass is 9.85. The number of halogens is 4. The fourth-order valence-corrected chi connectivity index (χ4v) is 3.86. The van der Waals surface area contributed by atoms with Gasteiger partial charge in [0, 0.05) is 17.7 Å². The lowest BCUT2D eigenvalue weighted by Gasteiger charge is -2.43. The van der Waals surface area contributed by atoms with Crippen molar-refractivity contribution in [3.63, 3.8) is 0 Å². The van der Waals surface area contributed by atoms with E-state index >= 15 is 0 Å². The molecule has 2 amide bonds. The van der Waals surface area contributed by atoms with Gasteiger partial charge >= 0.3 is 12.2 Å². The highest BCUT2D eigenvalue weighted by molar-refractivity contribution is 6.00. The Balaban J connectivity index is 1.59. The van der Waals surface area contributed by atoms with E-state index < -0.39 is 23.6 Å². The minimum Gasteiger partial charge on any atom is -0.437 e. The summed E-state index contributed by atoms with van der Waals surface area (Å²) in [7, 11) is 0. The number of ether oxygens (including phenoxy) is 2. The number of anilines is 2. The fourth-order valence-electron chi connectivity index (χ4n) is 3.86. The van der Waals surface area contributed by atoms with Gasteiger partial charge in [-0.05, 0) is 48.7 Å². The molecule has 1 aliphatic rings. The number of alkyl halides is 3. The van der Waals surface area contributed by atoms with Crippen LogP contribution in [0.1, 0.15) is 43.0 Å². The Morgan fingerprint density at radius 2 is 1.75 bits per heavy atom. The van der Waals surface area contributed by atoms with Crippen LogP contribution in [0, 0.1) is 12.7 Å². The molecule has 2 aromatic carbocycles. The summed E-state index contributed by atoms with van der Waals surface area (Å²) in [6, 6.07) is 12.5. The normalized spacial score (nSPS) is 17.4. The zero-order valence-electron chi connectivity index (χ0n) is 19.9. The summed E-state index contributed by atoms with van der Waals surface area (Å²) in [5.41, 5.74) is -1.31. The molecule has 1 fully saturated rings. The van der Waals surface area contributed by atoms with E-state index in [1.54, 1.807) is 19.1 Å². The number of aryl methyl sites for hydroxylation is 1. The summed E-state index contributed by atoms with van der Waals surface area (Å²) in [6.45, 7) is 5.48. The van der Waals surface area contributed by atoms with Gasteiger partial charge in [-0.25, -0.2) is 14.2 Å². The maximum Gasteiger partial charge on any atom is 0.421 e. The van der Waals surface area contributed by atoms with Crippen molar-refractivity contribution >= 4 is 17.4 Å². The van der Waals surface area contributed by atoms with E-state index in [0.717, 1.165) is 5.56 Å². The third-order valence-corrected chi connectivity index (χ3v) is 5.94. The summed E-state index contributed by atoms with van der Waals surface area (Å²) in [5, 5.41) is 4.96. The van der Waals surface area contributed by atoms with Gasteiger partial charge in [-0.15, -0.1) is 0 Å². The Hall–Kier alpha value is -3.66. The molecule has 0 bridgehead atoms. The van der Waals surface area contributed by atoms with Crippen molar-refractivity contribution < 1.29 is 31.8 Å². The van der Waals surface area contributed by atoms with Crippen molar-refractivity contribution in [1.82, 2.24) is 4.98 Å². The molecule has 6 nitrogen and oxygen atoms in total. The average molecular weight is 503 g/mol. The molecule has 1 atom stereocenters. The highest BCUT2D eigenvalue weighted by atomic mass is 19.4. The number of urea groups is 1. The minimum atomic E-state index is -4.65. The molecule has 1 aliphatic heterocycles. The Morgan fingerprint density at radius 3 is 2.36 bits per heavy atom. The number of hydrogen-bond acceptors (Lipinski definition) is 4. The Morgan fingerprint density at radius 1 is 1.08 bits per heavy atom. The zero-order valence-corrected chi connectivity index (χ0v) is 19.9. The highest BCUT2D eigenvalue weighted by Crippen LogP contribution is 2.53. The van der Waals surface area contributed by atoms with Crippen molar-refractivity contribution in [3.8, 4) is 11.6 Å². The molecule has 1 saturated heterocycles. The van der Waals surface area contributed by atoms with Crippen LogP contribution in [0.4, 0.5) is 33.7 Å². The van der Waals surface area contributed by atoms with Gasteiger partial charge in [0.25, 0.3) is 0 Å². The quantitative estimate of drug-likeness (QED) is 0.347. The third kappa shape index (κ3) is 4.99. The number of hydrogen-bond donors (Lipinski definition) is 2. The number of amides is 2. The molecule has 2 heterocycles. The number of carbonyl (C=O) groups is 1. The van der Waals surface area contributed by atoms with Gasteiger partial charge in [0.15, 0.2) is 5.60 Å². The molecule has 36 heavy (non-hydrogen) atoms. The molecule has 190 valence electrons. The molecule has 2 N–H and O–H groups in total. The number of nitrogens with one attached hydrogen (secondary N) is 2. The Kier molecular flexibility index (Phi) is 6.90. The number of aromatic nitrogens is 1. The molecular weight excluding hydrogens is 478 g/mol.